The Morgan fingerprint density at radius 3 is 2.44 bits per heavy atom. The number of hydrogen-bond acceptors (Lipinski definition) is 3. The van der Waals surface area contributed by atoms with E-state index in [-0.39, 0.29) is 11.8 Å². The highest BCUT2D eigenvalue weighted by Crippen LogP contribution is 2.30. The third kappa shape index (κ3) is 2.96. The smallest absolute Gasteiger partial charge is 0.216 e. The predicted octanol–water partition coefficient (Wildman–Crippen LogP) is 1.10. The number of nitrogens with two attached hydrogens (primary N) is 1. The van der Waals surface area contributed by atoms with Gasteiger partial charge in [-0.15, -0.1) is 0 Å². The first-order chi connectivity index (χ1) is 7.46. The Bertz CT molecular complexity index is 467. The van der Waals surface area contributed by atoms with Crippen LogP contribution in [-0.2, 0) is 15.8 Å². The number of hydrogen-bond donors (Lipinski definition) is 2. The van der Waals surface area contributed by atoms with Crippen molar-refractivity contribution in [2.75, 3.05) is 5.73 Å². The number of rotatable bonds is 4. The van der Waals surface area contributed by atoms with Gasteiger partial charge in [-0.05, 0) is 30.0 Å². The van der Waals surface area contributed by atoms with Crippen molar-refractivity contribution in [3.8, 4) is 0 Å². The summed E-state index contributed by atoms with van der Waals surface area (Å²) in [5.74, 6) is 0.498. The molecule has 0 aromatic heterocycles. The average Bonchev–Trinajstić information content (AvgIpc) is 2.84. The molecule has 2 rings (SSSR count). The molecule has 88 valence electrons. The Hall–Kier alpha value is -1.07. The number of nitrogen functional groups attached to an aromatic ring is 1. The van der Waals surface area contributed by atoms with Gasteiger partial charge in [-0.1, -0.05) is 19.1 Å². The quantitative estimate of drug-likeness (QED) is 0.774. The van der Waals surface area contributed by atoms with Gasteiger partial charge in [0.1, 0.15) is 0 Å². The fourth-order valence-corrected chi connectivity index (χ4v) is 3.10. The number of anilines is 1. The van der Waals surface area contributed by atoms with Crippen molar-refractivity contribution in [2.45, 2.75) is 25.1 Å². The molecule has 0 radical (unpaired) electrons. The van der Waals surface area contributed by atoms with Gasteiger partial charge in [0.15, 0.2) is 0 Å². The molecular formula is C11H16N2O2S. The summed E-state index contributed by atoms with van der Waals surface area (Å²) in [5, 5.41) is 0. The maximum Gasteiger partial charge on any atom is 0.216 e. The molecule has 3 N–H and O–H groups in total. The Morgan fingerprint density at radius 1 is 1.38 bits per heavy atom. The van der Waals surface area contributed by atoms with Crippen LogP contribution in [0.15, 0.2) is 24.3 Å². The van der Waals surface area contributed by atoms with Crippen molar-refractivity contribution in [2.24, 2.45) is 5.92 Å². The minimum Gasteiger partial charge on any atom is -0.399 e. The summed E-state index contributed by atoms with van der Waals surface area (Å²) < 4.78 is 26.2. The van der Waals surface area contributed by atoms with Gasteiger partial charge in [0, 0.05) is 11.7 Å². The lowest BCUT2D eigenvalue weighted by molar-refractivity contribution is 0.577. The van der Waals surface area contributed by atoms with Crippen LogP contribution in [0, 0.1) is 5.92 Å². The van der Waals surface area contributed by atoms with Gasteiger partial charge in [0.25, 0.3) is 0 Å². The summed E-state index contributed by atoms with van der Waals surface area (Å²) in [6, 6.07) is 7.05. The molecule has 4 nitrogen and oxygen atoms in total. The van der Waals surface area contributed by atoms with Crippen molar-refractivity contribution >= 4 is 15.7 Å². The SMILES string of the molecule is CC1CC1NS(=O)(=O)Cc1ccc(N)cc1. The molecule has 1 saturated carbocycles. The summed E-state index contributed by atoms with van der Waals surface area (Å²) in [5.41, 5.74) is 6.94. The fourth-order valence-electron chi connectivity index (χ4n) is 1.59. The van der Waals surface area contributed by atoms with Crippen LogP contribution in [-0.4, -0.2) is 14.5 Å². The number of sulfonamides is 1. The van der Waals surface area contributed by atoms with Gasteiger partial charge >= 0.3 is 0 Å². The first-order valence-corrected chi connectivity index (χ1v) is 6.96. The third-order valence-electron chi connectivity index (χ3n) is 2.78. The lowest BCUT2D eigenvalue weighted by atomic mass is 10.2. The average molecular weight is 240 g/mol. The largest absolute Gasteiger partial charge is 0.399 e. The van der Waals surface area contributed by atoms with Gasteiger partial charge in [-0.3, -0.25) is 0 Å². The van der Waals surface area contributed by atoms with Gasteiger partial charge in [0.2, 0.25) is 10.0 Å². The molecule has 0 heterocycles. The van der Waals surface area contributed by atoms with E-state index < -0.39 is 10.0 Å². The van der Waals surface area contributed by atoms with Crippen molar-refractivity contribution in [1.29, 1.82) is 0 Å². The predicted molar refractivity (Wildman–Crippen MR) is 64.2 cm³/mol. The standard InChI is InChI=1S/C11H16N2O2S/c1-8-6-11(8)13-16(14,15)7-9-2-4-10(12)5-3-9/h2-5,8,11,13H,6-7,12H2,1H3. The van der Waals surface area contributed by atoms with Crippen LogP contribution < -0.4 is 10.5 Å². The molecule has 5 heteroatoms. The summed E-state index contributed by atoms with van der Waals surface area (Å²) in [4.78, 5) is 0. The Labute approximate surface area is 95.9 Å². The van der Waals surface area contributed by atoms with Crippen molar-refractivity contribution in [3.05, 3.63) is 29.8 Å². The lowest BCUT2D eigenvalue weighted by Gasteiger charge is -2.06. The minimum absolute atomic E-state index is 0.0243. The zero-order valence-corrected chi connectivity index (χ0v) is 10.00. The van der Waals surface area contributed by atoms with E-state index in [0.29, 0.717) is 11.6 Å². The van der Waals surface area contributed by atoms with Crippen LogP contribution in [0.3, 0.4) is 0 Å². The fraction of sp³-hybridized carbons (Fsp3) is 0.455. The van der Waals surface area contributed by atoms with E-state index in [2.05, 4.69) is 4.72 Å². The molecule has 0 spiro atoms. The summed E-state index contributed by atoms with van der Waals surface area (Å²) in [7, 11) is -3.21. The Kier molecular flexibility index (Phi) is 2.90. The van der Waals surface area contributed by atoms with Gasteiger partial charge in [-0.25, -0.2) is 13.1 Å². The Balaban J connectivity index is 2.00. The number of benzene rings is 1. The highest BCUT2D eigenvalue weighted by atomic mass is 32.2. The van der Waals surface area contributed by atoms with Crippen LogP contribution in [0.1, 0.15) is 18.9 Å². The van der Waals surface area contributed by atoms with E-state index in [1.54, 1.807) is 24.3 Å². The van der Waals surface area contributed by atoms with E-state index in [9.17, 15) is 8.42 Å². The molecular weight excluding hydrogens is 224 g/mol. The summed E-state index contributed by atoms with van der Waals surface area (Å²) >= 11 is 0. The highest BCUT2D eigenvalue weighted by Gasteiger charge is 2.35. The number of nitrogens with one attached hydrogen (secondary N) is 1. The van der Waals surface area contributed by atoms with Crippen LogP contribution in [0.4, 0.5) is 5.69 Å². The summed E-state index contributed by atoms with van der Waals surface area (Å²) in [6.07, 6.45) is 0.945. The van der Waals surface area contributed by atoms with Crippen LogP contribution in [0.25, 0.3) is 0 Å². The maximum absolute atomic E-state index is 11.7. The van der Waals surface area contributed by atoms with Crippen LogP contribution >= 0.6 is 0 Å². The molecule has 1 aliphatic rings. The van der Waals surface area contributed by atoms with E-state index in [1.807, 2.05) is 6.92 Å². The van der Waals surface area contributed by atoms with Crippen molar-refractivity contribution in [3.63, 3.8) is 0 Å². The zero-order chi connectivity index (χ0) is 11.8. The molecule has 2 unspecified atom stereocenters. The second-order valence-electron chi connectivity index (χ2n) is 4.44. The minimum atomic E-state index is -3.21. The zero-order valence-electron chi connectivity index (χ0n) is 9.18. The van der Waals surface area contributed by atoms with Gasteiger partial charge < -0.3 is 5.73 Å². The van der Waals surface area contributed by atoms with E-state index >= 15 is 0 Å². The summed E-state index contributed by atoms with van der Waals surface area (Å²) in [6.45, 7) is 2.04. The second kappa shape index (κ2) is 4.07. The highest BCUT2D eigenvalue weighted by molar-refractivity contribution is 7.88. The molecule has 0 bridgehead atoms. The Morgan fingerprint density at radius 2 is 1.94 bits per heavy atom. The second-order valence-corrected chi connectivity index (χ2v) is 6.19. The first kappa shape index (κ1) is 11.4. The molecule has 16 heavy (non-hydrogen) atoms. The molecule has 0 aliphatic heterocycles. The van der Waals surface area contributed by atoms with Crippen molar-refractivity contribution < 1.29 is 8.42 Å². The topological polar surface area (TPSA) is 72.2 Å². The maximum atomic E-state index is 11.7. The monoisotopic (exact) mass is 240 g/mol. The molecule has 1 aromatic carbocycles. The van der Waals surface area contributed by atoms with E-state index in [4.69, 9.17) is 5.73 Å². The van der Waals surface area contributed by atoms with Crippen LogP contribution in [0.2, 0.25) is 0 Å². The normalized spacial score (nSPS) is 24.3. The molecule has 0 amide bonds. The lowest BCUT2D eigenvalue weighted by Crippen LogP contribution is -2.28. The van der Waals surface area contributed by atoms with Crippen molar-refractivity contribution in [1.82, 2.24) is 4.72 Å². The van der Waals surface area contributed by atoms with Crippen LogP contribution in [0.5, 0.6) is 0 Å². The third-order valence-corrected chi connectivity index (χ3v) is 4.15. The van der Waals surface area contributed by atoms with E-state index in [1.165, 1.54) is 0 Å². The first-order valence-electron chi connectivity index (χ1n) is 5.31. The molecule has 0 saturated heterocycles. The molecule has 2 atom stereocenters. The molecule has 1 aromatic rings. The van der Waals surface area contributed by atoms with Gasteiger partial charge in [-0.2, -0.15) is 0 Å². The molecule has 1 fully saturated rings. The van der Waals surface area contributed by atoms with E-state index in [0.717, 1.165) is 12.0 Å². The molecule has 1 aliphatic carbocycles. The van der Waals surface area contributed by atoms with Gasteiger partial charge in [0.05, 0.1) is 5.75 Å².